The number of halogens is 2. The van der Waals surface area contributed by atoms with E-state index < -0.39 is 23.8 Å². The molecular formula is C25H19Cl2N3O7. The molecule has 0 radical (unpaired) electrons. The van der Waals surface area contributed by atoms with Crippen molar-refractivity contribution in [3.63, 3.8) is 0 Å². The van der Waals surface area contributed by atoms with Crippen LogP contribution in [0.3, 0.4) is 0 Å². The summed E-state index contributed by atoms with van der Waals surface area (Å²) in [4.78, 5) is 49.8. The van der Waals surface area contributed by atoms with E-state index >= 15 is 0 Å². The average Bonchev–Trinajstić information content (AvgIpc) is 3.44. The number of nitrogens with one attached hydrogen (secondary N) is 2. The van der Waals surface area contributed by atoms with Crippen molar-refractivity contribution in [1.29, 1.82) is 0 Å². The number of urea groups is 1. The Morgan fingerprint density at radius 1 is 1.08 bits per heavy atom. The highest BCUT2D eigenvalue weighted by molar-refractivity contribution is 6.37. The Kier molecular flexibility index (Phi) is 7.80. The molecule has 1 aliphatic rings. The number of furan rings is 1. The van der Waals surface area contributed by atoms with Gasteiger partial charge in [0.25, 0.3) is 11.8 Å². The smallest absolute Gasteiger partial charge is 0.373 e. The summed E-state index contributed by atoms with van der Waals surface area (Å²) < 4.78 is 15.4. The number of rotatable bonds is 8. The van der Waals surface area contributed by atoms with Gasteiger partial charge in [-0.3, -0.25) is 14.5 Å². The molecule has 1 aromatic heterocycles. The highest BCUT2D eigenvalue weighted by Crippen LogP contribution is 2.35. The number of amides is 4. The van der Waals surface area contributed by atoms with E-state index in [2.05, 4.69) is 15.4 Å². The first-order valence-corrected chi connectivity index (χ1v) is 11.5. The molecule has 4 rings (SSSR count). The lowest BCUT2D eigenvalue weighted by Crippen LogP contribution is -2.30. The molecule has 1 aliphatic heterocycles. The predicted molar refractivity (Wildman–Crippen MR) is 134 cm³/mol. The third-order valence-corrected chi connectivity index (χ3v) is 5.62. The summed E-state index contributed by atoms with van der Waals surface area (Å²) in [5.41, 5.74) is 1.00. The van der Waals surface area contributed by atoms with Crippen LogP contribution in [0.4, 0.5) is 10.5 Å². The van der Waals surface area contributed by atoms with Crippen LogP contribution in [0.1, 0.15) is 21.9 Å². The molecule has 2 aromatic carbocycles. The Hall–Kier alpha value is -4.28. The van der Waals surface area contributed by atoms with Crippen molar-refractivity contribution in [3.8, 4) is 5.75 Å². The first kappa shape index (κ1) is 25.8. The molecule has 4 amide bonds. The van der Waals surface area contributed by atoms with Crippen LogP contribution in [0.5, 0.6) is 5.75 Å². The van der Waals surface area contributed by atoms with Crippen molar-refractivity contribution in [2.45, 2.75) is 6.54 Å². The van der Waals surface area contributed by atoms with E-state index in [0.717, 1.165) is 4.90 Å². The number of nitrogens with zero attached hydrogens (tertiary/aromatic N) is 1. The molecule has 0 aliphatic carbocycles. The van der Waals surface area contributed by atoms with Crippen LogP contribution in [0.25, 0.3) is 6.08 Å². The van der Waals surface area contributed by atoms with Crippen molar-refractivity contribution in [2.24, 2.45) is 0 Å². The first-order chi connectivity index (χ1) is 17.7. The average molecular weight is 544 g/mol. The normalized spacial score (nSPS) is 14.0. The van der Waals surface area contributed by atoms with Crippen molar-refractivity contribution in [3.05, 3.63) is 87.4 Å². The number of benzene rings is 2. The number of hydrogen-bond donors (Lipinski definition) is 2. The fraction of sp³-hybridized carbons (Fsp3) is 0.120. The van der Waals surface area contributed by atoms with Gasteiger partial charge in [-0.2, -0.15) is 0 Å². The Labute approximate surface area is 220 Å². The zero-order valence-electron chi connectivity index (χ0n) is 19.2. The van der Waals surface area contributed by atoms with E-state index in [4.69, 9.17) is 32.4 Å². The number of anilines is 1. The van der Waals surface area contributed by atoms with Gasteiger partial charge >= 0.3 is 12.0 Å². The highest BCUT2D eigenvalue weighted by atomic mass is 35.5. The number of methoxy groups -OCH3 is 1. The van der Waals surface area contributed by atoms with Crippen LogP contribution < -0.4 is 15.4 Å². The van der Waals surface area contributed by atoms with Crippen LogP contribution in [0.2, 0.25) is 10.0 Å². The number of esters is 1. The van der Waals surface area contributed by atoms with E-state index in [0.29, 0.717) is 11.3 Å². The Bertz CT molecular complexity index is 1380. The molecule has 2 N–H and O–H groups in total. The Balaban J connectivity index is 1.42. The lowest BCUT2D eigenvalue weighted by Gasteiger charge is -2.11. The number of carbonyl (C=O) groups is 4. The summed E-state index contributed by atoms with van der Waals surface area (Å²) in [5.74, 6) is -1.44. The second kappa shape index (κ2) is 11.2. The van der Waals surface area contributed by atoms with Gasteiger partial charge in [-0.15, -0.1) is 0 Å². The molecule has 0 bridgehead atoms. The van der Waals surface area contributed by atoms with E-state index in [1.165, 1.54) is 37.5 Å². The zero-order chi connectivity index (χ0) is 26.5. The first-order valence-electron chi connectivity index (χ1n) is 10.7. The molecule has 10 nitrogen and oxygen atoms in total. The Morgan fingerprint density at radius 3 is 2.46 bits per heavy atom. The van der Waals surface area contributed by atoms with Gasteiger partial charge in [-0.05, 0) is 48.0 Å². The van der Waals surface area contributed by atoms with Crippen LogP contribution in [-0.2, 0) is 20.9 Å². The van der Waals surface area contributed by atoms with Crippen molar-refractivity contribution >= 4 is 58.8 Å². The molecule has 37 heavy (non-hydrogen) atoms. The SMILES string of the molecule is COC(=O)c1ccc(CN2C(=O)N/C(=C\c3cc(Cl)c(OCC(=O)Nc4ccccc4)c(Cl)c3)C2=O)o1. The van der Waals surface area contributed by atoms with E-state index in [-0.39, 0.29) is 46.2 Å². The molecule has 190 valence electrons. The van der Waals surface area contributed by atoms with Gasteiger partial charge in [-0.1, -0.05) is 41.4 Å². The summed E-state index contributed by atoms with van der Waals surface area (Å²) in [6, 6.07) is 14.0. The molecular weight excluding hydrogens is 525 g/mol. The Morgan fingerprint density at radius 2 is 1.78 bits per heavy atom. The maximum absolute atomic E-state index is 12.8. The fourth-order valence-corrected chi connectivity index (χ4v) is 3.98. The van der Waals surface area contributed by atoms with Crippen molar-refractivity contribution < 1.29 is 33.1 Å². The molecule has 1 saturated heterocycles. The van der Waals surface area contributed by atoms with Gasteiger partial charge < -0.3 is 24.5 Å². The summed E-state index contributed by atoms with van der Waals surface area (Å²) in [6.07, 6.45) is 1.39. The van der Waals surface area contributed by atoms with Crippen LogP contribution in [-0.4, -0.2) is 42.4 Å². The van der Waals surface area contributed by atoms with Crippen molar-refractivity contribution in [2.75, 3.05) is 19.0 Å². The fourth-order valence-electron chi connectivity index (χ4n) is 3.37. The van der Waals surface area contributed by atoms with Gasteiger partial charge in [-0.25, -0.2) is 9.59 Å². The monoisotopic (exact) mass is 543 g/mol. The van der Waals surface area contributed by atoms with Gasteiger partial charge in [0.15, 0.2) is 12.4 Å². The lowest BCUT2D eigenvalue weighted by atomic mass is 10.1. The van der Waals surface area contributed by atoms with E-state index in [9.17, 15) is 19.2 Å². The summed E-state index contributed by atoms with van der Waals surface area (Å²) in [7, 11) is 1.21. The minimum atomic E-state index is -0.679. The van der Waals surface area contributed by atoms with Gasteiger partial charge in [0, 0.05) is 5.69 Å². The second-order valence-corrected chi connectivity index (χ2v) is 8.47. The van der Waals surface area contributed by atoms with E-state index in [1.807, 2.05) is 6.07 Å². The predicted octanol–water partition coefficient (Wildman–Crippen LogP) is 4.48. The quantitative estimate of drug-likeness (QED) is 0.243. The molecule has 1 fully saturated rings. The van der Waals surface area contributed by atoms with Gasteiger partial charge in [0.1, 0.15) is 11.5 Å². The minimum absolute atomic E-state index is 0.0206. The maximum Gasteiger partial charge on any atom is 0.373 e. The second-order valence-electron chi connectivity index (χ2n) is 7.65. The van der Waals surface area contributed by atoms with Crippen molar-refractivity contribution in [1.82, 2.24) is 10.2 Å². The standard InChI is InChI=1S/C25H19Cl2N3O7/c1-35-24(33)20-8-7-16(37-20)12-30-23(32)19(29-25(30)34)11-14-9-17(26)22(18(27)10-14)36-13-21(31)28-15-5-3-2-4-6-15/h2-11H,12-13H2,1H3,(H,28,31)(H,29,34)/b19-11-. The molecule has 0 atom stereocenters. The number of imide groups is 1. The number of ether oxygens (including phenoxy) is 2. The number of carbonyl (C=O) groups excluding carboxylic acids is 4. The molecule has 0 saturated carbocycles. The van der Waals surface area contributed by atoms with Crippen LogP contribution >= 0.6 is 23.2 Å². The number of hydrogen-bond acceptors (Lipinski definition) is 7. The number of para-hydroxylation sites is 1. The van der Waals surface area contributed by atoms with Crippen LogP contribution in [0, 0.1) is 0 Å². The lowest BCUT2D eigenvalue weighted by molar-refractivity contribution is -0.123. The third kappa shape index (κ3) is 6.11. The van der Waals surface area contributed by atoms with Crippen LogP contribution in [0.15, 0.2) is 64.7 Å². The third-order valence-electron chi connectivity index (χ3n) is 5.06. The summed E-state index contributed by atoms with van der Waals surface area (Å²) in [5, 5.41) is 5.36. The topological polar surface area (TPSA) is 127 Å². The molecule has 2 heterocycles. The highest BCUT2D eigenvalue weighted by Gasteiger charge is 2.34. The zero-order valence-corrected chi connectivity index (χ0v) is 20.8. The molecule has 0 spiro atoms. The molecule has 0 unspecified atom stereocenters. The molecule has 12 heteroatoms. The summed E-state index contributed by atoms with van der Waals surface area (Å²) in [6.45, 7) is -0.527. The van der Waals surface area contributed by atoms with Gasteiger partial charge in [0.05, 0.1) is 23.7 Å². The maximum atomic E-state index is 12.8. The largest absolute Gasteiger partial charge is 0.481 e. The minimum Gasteiger partial charge on any atom is -0.481 e. The van der Waals surface area contributed by atoms with E-state index in [1.54, 1.807) is 24.3 Å². The summed E-state index contributed by atoms with van der Waals surface area (Å²) >= 11 is 12.6. The van der Waals surface area contributed by atoms with Gasteiger partial charge in [0.2, 0.25) is 5.76 Å². The molecule has 3 aromatic rings.